The van der Waals surface area contributed by atoms with E-state index in [1.165, 1.54) is 38.5 Å². The maximum absolute atomic E-state index is 12.5. The summed E-state index contributed by atoms with van der Waals surface area (Å²) in [4.78, 5) is 12.5. The highest BCUT2D eigenvalue weighted by molar-refractivity contribution is 6.06. The Balaban J connectivity index is 2.21. The fourth-order valence-corrected chi connectivity index (χ4v) is 2.63. The van der Waals surface area contributed by atoms with E-state index >= 15 is 0 Å². The maximum atomic E-state index is 12.5. The van der Waals surface area contributed by atoms with Crippen molar-refractivity contribution in [2.75, 3.05) is 14.2 Å². The molecule has 3 N–H and O–H groups in total. The van der Waals surface area contributed by atoms with Crippen LogP contribution in [-0.2, 0) is 4.79 Å². The number of allylic oxidation sites excluding steroid dienone is 3. The molecule has 29 heavy (non-hydrogen) atoms. The van der Waals surface area contributed by atoms with Crippen LogP contribution in [0.3, 0.4) is 0 Å². The number of methoxy groups -OCH3 is 2. The molecule has 152 valence electrons. The molecule has 6 heteroatoms. The van der Waals surface area contributed by atoms with Crippen molar-refractivity contribution in [3.63, 3.8) is 0 Å². The van der Waals surface area contributed by atoms with Gasteiger partial charge < -0.3 is 24.8 Å². The molecule has 0 aliphatic rings. The van der Waals surface area contributed by atoms with Gasteiger partial charge in [0, 0.05) is 5.57 Å². The van der Waals surface area contributed by atoms with Gasteiger partial charge in [0.1, 0.15) is 5.76 Å². The molecule has 0 bridgehead atoms. The minimum atomic E-state index is -0.329. The molecule has 0 saturated heterocycles. The van der Waals surface area contributed by atoms with Gasteiger partial charge in [0.05, 0.1) is 14.2 Å². The summed E-state index contributed by atoms with van der Waals surface area (Å²) in [5.41, 5.74) is 1.63. The predicted octanol–water partition coefficient (Wildman–Crippen LogP) is 4.63. The highest BCUT2D eigenvalue weighted by Gasteiger charge is 2.10. The van der Waals surface area contributed by atoms with E-state index < -0.39 is 0 Å². The number of aliphatic hydroxyl groups excluding tert-OH is 1. The zero-order valence-corrected chi connectivity index (χ0v) is 16.5. The molecule has 0 amide bonds. The Morgan fingerprint density at radius 1 is 0.897 bits per heavy atom. The average molecular weight is 396 g/mol. The number of ketones is 1. The van der Waals surface area contributed by atoms with Crippen molar-refractivity contribution < 1.29 is 29.6 Å². The maximum Gasteiger partial charge on any atom is 0.185 e. The summed E-state index contributed by atoms with van der Waals surface area (Å²) in [5, 5.41) is 29.6. The first-order valence-electron chi connectivity index (χ1n) is 8.96. The summed E-state index contributed by atoms with van der Waals surface area (Å²) >= 11 is 0. The van der Waals surface area contributed by atoms with Gasteiger partial charge in [0.2, 0.25) is 0 Å². The van der Waals surface area contributed by atoms with Crippen LogP contribution in [0.15, 0.2) is 59.9 Å². The smallest absolute Gasteiger partial charge is 0.185 e. The lowest BCUT2D eigenvalue weighted by atomic mass is 10.0. The molecule has 0 saturated carbocycles. The third-order valence-electron chi connectivity index (χ3n) is 4.23. The highest BCUT2D eigenvalue weighted by Crippen LogP contribution is 2.28. The quantitative estimate of drug-likeness (QED) is 0.342. The SMILES string of the molecule is CC/C(C(=O)/C=C/c1ccc(O)c(OC)c1)=C(O)\C=C\c1ccc(O)c(OC)c1. The van der Waals surface area contributed by atoms with Crippen LogP contribution in [0.2, 0.25) is 0 Å². The molecule has 0 heterocycles. The van der Waals surface area contributed by atoms with Crippen LogP contribution in [0.1, 0.15) is 24.5 Å². The number of carbonyl (C=O) groups excluding carboxylic acids is 1. The Labute approximate surface area is 169 Å². The van der Waals surface area contributed by atoms with Crippen LogP contribution in [-0.4, -0.2) is 35.3 Å². The van der Waals surface area contributed by atoms with E-state index in [4.69, 9.17) is 9.47 Å². The van der Waals surface area contributed by atoms with E-state index in [1.807, 2.05) is 0 Å². The van der Waals surface area contributed by atoms with Crippen LogP contribution < -0.4 is 9.47 Å². The summed E-state index contributed by atoms with van der Waals surface area (Å²) in [6.07, 6.45) is 6.34. The molecule has 0 aliphatic heterocycles. The highest BCUT2D eigenvalue weighted by atomic mass is 16.5. The van der Waals surface area contributed by atoms with E-state index in [0.717, 1.165) is 0 Å². The molecule has 0 spiro atoms. The van der Waals surface area contributed by atoms with Crippen LogP contribution in [0, 0.1) is 0 Å². The third kappa shape index (κ3) is 5.65. The molecule has 0 fully saturated rings. The lowest BCUT2D eigenvalue weighted by Gasteiger charge is -2.05. The summed E-state index contributed by atoms with van der Waals surface area (Å²) in [6.45, 7) is 1.78. The Morgan fingerprint density at radius 3 is 1.83 bits per heavy atom. The van der Waals surface area contributed by atoms with E-state index in [9.17, 15) is 20.1 Å². The summed E-state index contributed by atoms with van der Waals surface area (Å²) < 4.78 is 10.1. The van der Waals surface area contributed by atoms with Crippen molar-refractivity contribution in [1.82, 2.24) is 0 Å². The fraction of sp³-hybridized carbons (Fsp3) is 0.174. The van der Waals surface area contributed by atoms with E-state index in [0.29, 0.717) is 29.0 Å². The Bertz CT molecular complexity index is 969. The van der Waals surface area contributed by atoms with Gasteiger partial charge in [-0.2, -0.15) is 0 Å². The van der Waals surface area contributed by atoms with Gasteiger partial charge in [-0.15, -0.1) is 0 Å². The Kier molecular flexibility index (Phi) is 7.48. The summed E-state index contributed by atoms with van der Waals surface area (Å²) in [6, 6.07) is 9.49. The second-order valence-electron chi connectivity index (χ2n) is 6.11. The van der Waals surface area contributed by atoms with E-state index in [1.54, 1.807) is 43.3 Å². The summed E-state index contributed by atoms with van der Waals surface area (Å²) in [5.74, 6) is 0.182. The number of aliphatic hydroxyl groups is 1. The minimum Gasteiger partial charge on any atom is -0.508 e. The topological polar surface area (TPSA) is 96.2 Å². The standard InChI is InChI=1S/C23H24O6/c1-4-17(18(24)9-5-15-7-11-20(26)22(13-15)28-2)19(25)10-6-16-8-12-21(27)23(14-16)29-3/h5-14,24,26-27H,4H2,1-3H3/b9-5+,10-6+,18-17-. The molecule has 0 radical (unpaired) electrons. The second kappa shape index (κ2) is 10.0. The number of hydrogen-bond acceptors (Lipinski definition) is 6. The number of carbonyl (C=O) groups is 1. The average Bonchev–Trinajstić information content (AvgIpc) is 2.73. The normalized spacial score (nSPS) is 12.2. The molecule has 0 atom stereocenters. The zero-order valence-electron chi connectivity index (χ0n) is 16.5. The van der Waals surface area contributed by atoms with Gasteiger partial charge in [-0.1, -0.05) is 31.2 Å². The van der Waals surface area contributed by atoms with Crippen molar-refractivity contribution in [2.24, 2.45) is 0 Å². The largest absolute Gasteiger partial charge is 0.508 e. The van der Waals surface area contributed by atoms with Gasteiger partial charge in [0.15, 0.2) is 28.8 Å². The molecule has 2 aromatic rings. The van der Waals surface area contributed by atoms with Crippen LogP contribution in [0.25, 0.3) is 12.2 Å². The predicted molar refractivity (Wildman–Crippen MR) is 112 cm³/mol. The lowest BCUT2D eigenvalue weighted by Crippen LogP contribution is -2.01. The molecule has 0 aromatic heterocycles. The lowest BCUT2D eigenvalue weighted by molar-refractivity contribution is -0.111. The molecule has 0 unspecified atom stereocenters. The van der Waals surface area contributed by atoms with Gasteiger partial charge in [-0.05, 0) is 54.0 Å². The van der Waals surface area contributed by atoms with E-state index in [-0.39, 0.29) is 28.6 Å². The molecular formula is C23H24O6. The van der Waals surface area contributed by atoms with Gasteiger partial charge in [0.25, 0.3) is 0 Å². The number of aromatic hydroxyl groups is 2. The monoisotopic (exact) mass is 396 g/mol. The van der Waals surface area contributed by atoms with E-state index in [2.05, 4.69) is 0 Å². The minimum absolute atomic E-state index is 0.0127. The number of rotatable bonds is 8. The zero-order chi connectivity index (χ0) is 21.4. The molecular weight excluding hydrogens is 372 g/mol. The summed E-state index contributed by atoms with van der Waals surface area (Å²) in [7, 11) is 2.89. The first-order chi connectivity index (χ1) is 13.9. The number of phenolic OH excluding ortho intramolecular Hbond substituents is 2. The first-order valence-corrected chi connectivity index (χ1v) is 8.96. The van der Waals surface area contributed by atoms with Crippen LogP contribution in [0.5, 0.6) is 23.0 Å². The molecule has 0 aliphatic carbocycles. The van der Waals surface area contributed by atoms with Gasteiger partial charge >= 0.3 is 0 Å². The van der Waals surface area contributed by atoms with Crippen molar-refractivity contribution in [2.45, 2.75) is 13.3 Å². The Morgan fingerprint density at radius 2 is 1.38 bits per heavy atom. The number of benzene rings is 2. The van der Waals surface area contributed by atoms with Crippen LogP contribution in [0.4, 0.5) is 0 Å². The fourth-order valence-electron chi connectivity index (χ4n) is 2.63. The van der Waals surface area contributed by atoms with Crippen molar-refractivity contribution in [3.05, 3.63) is 71.0 Å². The third-order valence-corrected chi connectivity index (χ3v) is 4.23. The van der Waals surface area contributed by atoms with Crippen LogP contribution >= 0.6 is 0 Å². The number of phenols is 2. The number of hydrogen-bond donors (Lipinski definition) is 3. The van der Waals surface area contributed by atoms with Gasteiger partial charge in [-0.25, -0.2) is 0 Å². The second-order valence-corrected chi connectivity index (χ2v) is 6.11. The molecule has 6 nitrogen and oxygen atoms in total. The van der Waals surface area contributed by atoms with Crippen molar-refractivity contribution >= 4 is 17.9 Å². The number of ether oxygens (including phenoxy) is 2. The van der Waals surface area contributed by atoms with Crippen molar-refractivity contribution in [3.8, 4) is 23.0 Å². The Hall–Kier alpha value is -3.67. The molecule has 2 rings (SSSR count). The van der Waals surface area contributed by atoms with Gasteiger partial charge in [-0.3, -0.25) is 4.79 Å². The van der Waals surface area contributed by atoms with Crippen molar-refractivity contribution in [1.29, 1.82) is 0 Å². The first kappa shape index (κ1) is 21.6. The molecule has 2 aromatic carbocycles.